The number of aromatic hydroxyl groups is 1. The second-order valence-electron chi connectivity index (χ2n) is 4.52. The predicted molar refractivity (Wildman–Crippen MR) is 70.0 cm³/mol. The average Bonchev–Trinajstić information content (AvgIpc) is 2.32. The summed E-state index contributed by atoms with van der Waals surface area (Å²) in [5.41, 5.74) is 0.603. The Balaban J connectivity index is 2.75. The van der Waals surface area contributed by atoms with Gasteiger partial charge in [0.25, 0.3) is 0 Å². The quantitative estimate of drug-likeness (QED) is 0.871. The van der Waals surface area contributed by atoms with Crippen LogP contribution in [0.15, 0.2) is 30.3 Å². The van der Waals surface area contributed by atoms with Crippen molar-refractivity contribution in [2.45, 2.75) is 6.54 Å². The van der Waals surface area contributed by atoms with Crippen molar-refractivity contribution in [3.05, 3.63) is 41.5 Å². The van der Waals surface area contributed by atoms with Gasteiger partial charge in [0.05, 0.1) is 5.56 Å². The van der Waals surface area contributed by atoms with Crippen LogP contribution in [-0.2, 0) is 6.54 Å². The maximum atomic E-state index is 11.3. The van der Waals surface area contributed by atoms with E-state index in [1.54, 1.807) is 18.2 Å². The van der Waals surface area contributed by atoms with Crippen LogP contribution >= 0.6 is 0 Å². The number of nitrogens with zero attached hydrogens (tertiary/aromatic N) is 1. The molecule has 0 aliphatic carbocycles. The largest absolute Gasteiger partial charge is 0.507 e. The van der Waals surface area contributed by atoms with E-state index in [-0.39, 0.29) is 11.3 Å². The molecule has 0 spiro atoms. The van der Waals surface area contributed by atoms with E-state index < -0.39 is 5.97 Å². The molecule has 0 atom stereocenters. The molecule has 0 bridgehead atoms. The van der Waals surface area contributed by atoms with Crippen molar-refractivity contribution in [3.8, 4) is 5.75 Å². The van der Waals surface area contributed by atoms with Crippen LogP contribution in [0.5, 0.6) is 5.75 Å². The van der Waals surface area contributed by atoms with Gasteiger partial charge in [0, 0.05) is 17.5 Å². The van der Waals surface area contributed by atoms with E-state index in [0.29, 0.717) is 17.5 Å². The molecule has 0 amide bonds. The summed E-state index contributed by atoms with van der Waals surface area (Å²) in [6.07, 6.45) is 0. The van der Waals surface area contributed by atoms with Gasteiger partial charge in [-0.1, -0.05) is 24.3 Å². The van der Waals surface area contributed by atoms with Crippen molar-refractivity contribution in [2.24, 2.45) is 0 Å². The van der Waals surface area contributed by atoms with E-state index in [2.05, 4.69) is 0 Å². The number of benzene rings is 2. The molecule has 0 aliphatic heterocycles. The standard InChI is InChI=1S/C14H15NO3/c1-15(2)8-12-11(14(17)18)7-9-5-3-4-6-10(9)13(12)16/h3-7,16H,8H2,1-2H3,(H,17,18). The van der Waals surface area contributed by atoms with Crippen molar-refractivity contribution < 1.29 is 15.0 Å². The minimum Gasteiger partial charge on any atom is -0.507 e. The van der Waals surface area contributed by atoms with Gasteiger partial charge >= 0.3 is 5.97 Å². The number of carboxylic acid groups (broad SMARTS) is 1. The van der Waals surface area contributed by atoms with Crippen molar-refractivity contribution in [2.75, 3.05) is 14.1 Å². The molecule has 0 aromatic heterocycles. The van der Waals surface area contributed by atoms with Gasteiger partial charge < -0.3 is 15.1 Å². The summed E-state index contributed by atoms with van der Waals surface area (Å²) in [6, 6.07) is 8.83. The van der Waals surface area contributed by atoms with Crippen molar-refractivity contribution in [1.82, 2.24) is 4.90 Å². The first kappa shape index (κ1) is 12.4. The van der Waals surface area contributed by atoms with Crippen LogP contribution < -0.4 is 0 Å². The van der Waals surface area contributed by atoms with Gasteiger partial charge in [0.1, 0.15) is 5.75 Å². The van der Waals surface area contributed by atoms with Gasteiger partial charge in [-0.3, -0.25) is 0 Å². The van der Waals surface area contributed by atoms with Crippen LogP contribution in [0.2, 0.25) is 0 Å². The molecule has 94 valence electrons. The molecule has 4 heteroatoms. The summed E-state index contributed by atoms with van der Waals surface area (Å²) in [5.74, 6) is -0.966. The van der Waals surface area contributed by atoms with Gasteiger partial charge in [-0.05, 0) is 25.5 Å². The Morgan fingerprint density at radius 3 is 2.56 bits per heavy atom. The lowest BCUT2D eigenvalue weighted by Gasteiger charge is -2.15. The molecule has 4 nitrogen and oxygen atoms in total. The SMILES string of the molecule is CN(C)Cc1c(C(=O)O)cc2ccccc2c1O. The topological polar surface area (TPSA) is 60.8 Å². The first-order valence-corrected chi connectivity index (χ1v) is 5.62. The lowest BCUT2D eigenvalue weighted by molar-refractivity contribution is 0.0694. The highest BCUT2D eigenvalue weighted by Gasteiger charge is 2.17. The third-order valence-corrected chi connectivity index (χ3v) is 2.83. The second kappa shape index (κ2) is 4.66. The van der Waals surface area contributed by atoms with Crippen LogP contribution in [0.3, 0.4) is 0 Å². The minimum atomic E-state index is -1.02. The number of fused-ring (bicyclic) bond motifs is 1. The number of aromatic carboxylic acids is 1. The van der Waals surface area contributed by atoms with E-state index in [4.69, 9.17) is 0 Å². The van der Waals surface area contributed by atoms with Crippen molar-refractivity contribution in [3.63, 3.8) is 0 Å². The monoisotopic (exact) mass is 245 g/mol. The molecule has 0 unspecified atom stereocenters. The lowest BCUT2D eigenvalue weighted by Crippen LogP contribution is -2.14. The van der Waals surface area contributed by atoms with E-state index in [9.17, 15) is 15.0 Å². The molecule has 0 saturated carbocycles. The third-order valence-electron chi connectivity index (χ3n) is 2.83. The first-order chi connectivity index (χ1) is 8.50. The molecule has 2 aromatic rings. The maximum absolute atomic E-state index is 11.3. The van der Waals surface area contributed by atoms with Gasteiger partial charge in [0.15, 0.2) is 0 Å². The number of phenols is 1. The Labute approximate surface area is 105 Å². The van der Waals surface area contributed by atoms with E-state index >= 15 is 0 Å². The molecule has 2 N–H and O–H groups in total. The summed E-state index contributed by atoms with van der Waals surface area (Å²) in [6.45, 7) is 0.387. The van der Waals surface area contributed by atoms with Crippen molar-refractivity contribution >= 4 is 16.7 Å². The fourth-order valence-electron chi connectivity index (χ4n) is 2.04. The molecular formula is C14H15NO3. The molecule has 18 heavy (non-hydrogen) atoms. The predicted octanol–water partition coefficient (Wildman–Crippen LogP) is 2.31. The minimum absolute atomic E-state index is 0.0548. The van der Waals surface area contributed by atoms with E-state index in [0.717, 1.165) is 5.39 Å². The van der Waals surface area contributed by atoms with Gasteiger partial charge in [-0.15, -0.1) is 0 Å². The van der Waals surface area contributed by atoms with Crippen LogP contribution in [0, 0.1) is 0 Å². The van der Waals surface area contributed by atoms with Gasteiger partial charge in [-0.2, -0.15) is 0 Å². The van der Waals surface area contributed by atoms with Crippen molar-refractivity contribution in [1.29, 1.82) is 0 Å². The van der Waals surface area contributed by atoms with Crippen LogP contribution in [-0.4, -0.2) is 35.2 Å². The van der Waals surface area contributed by atoms with E-state index in [1.165, 1.54) is 0 Å². The normalized spacial score (nSPS) is 11.1. The Hall–Kier alpha value is -2.07. The number of carboxylic acids is 1. The zero-order valence-electron chi connectivity index (χ0n) is 10.3. The smallest absolute Gasteiger partial charge is 0.336 e. The third kappa shape index (κ3) is 2.15. The summed E-state index contributed by atoms with van der Waals surface area (Å²) in [5, 5.41) is 20.9. The Morgan fingerprint density at radius 1 is 1.28 bits per heavy atom. The summed E-state index contributed by atoms with van der Waals surface area (Å²) < 4.78 is 0. The summed E-state index contributed by atoms with van der Waals surface area (Å²) in [7, 11) is 3.67. The van der Waals surface area contributed by atoms with Crippen LogP contribution in [0.4, 0.5) is 0 Å². The fraction of sp³-hybridized carbons (Fsp3) is 0.214. The van der Waals surface area contributed by atoms with Crippen LogP contribution in [0.1, 0.15) is 15.9 Å². The Bertz CT molecular complexity index is 605. The maximum Gasteiger partial charge on any atom is 0.336 e. The van der Waals surface area contributed by atoms with Gasteiger partial charge in [0.2, 0.25) is 0 Å². The molecule has 0 fully saturated rings. The molecule has 2 rings (SSSR count). The van der Waals surface area contributed by atoms with E-state index in [1.807, 2.05) is 31.1 Å². The fourth-order valence-corrected chi connectivity index (χ4v) is 2.04. The number of carbonyl (C=O) groups is 1. The highest BCUT2D eigenvalue weighted by Crippen LogP contribution is 2.32. The number of hydrogen-bond donors (Lipinski definition) is 2. The Kier molecular flexibility index (Phi) is 3.21. The molecule has 0 heterocycles. The second-order valence-corrected chi connectivity index (χ2v) is 4.52. The number of rotatable bonds is 3. The molecule has 0 radical (unpaired) electrons. The van der Waals surface area contributed by atoms with Gasteiger partial charge in [-0.25, -0.2) is 4.79 Å². The average molecular weight is 245 g/mol. The molecular weight excluding hydrogens is 230 g/mol. The van der Waals surface area contributed by atoms with Crippen LogP contribution in [0.25, 0.3) is 10.8 Å². The number of hydrogen-bond acceptors (Lipinski definition) is 3. The summed E-state index contributed by atoms with van der Waals surface area (Å²) >= 11 is 0. The zero-order valence-corrected chi connectivity index (χ0v) is 10.3. The molecule has 2 aromatic carbocycles. The molecule has 0 aliphatic rings. The lowest BCUT2D eigenvalue weighted by atomic mass is 9.99. The zero-order chi connectivity index (χ0) is 13.3. The molecule has 0 saturated heterocycles. The number of phenolic OH excluding ortho intramolecular Hbond substituents is 1. The highest BCUT2D eigenvalue weighted by atomic mass is 16.4. The highest BCUT2D eigenvalue weighted by molar-refractivity contribution is 5.99. The summed E-state index contributed by atoms with van der Waals surface area (Å²) in [4.78, 5) is 13.1. The first-order valence-electron chi connectivity index (χ1n) is 5.62. The Morgan fingerprint density at radius 2 is 1.94 bits per heavy atom.